The Balaban J connectivity index is 1.72. The summed E-state index contributed by atoms with van der Waals surface area (Å²) in [6, 6.07) is 10.6. The van der Waals surface area contributed by atoms with Crippen LogP contribution in [0.5, 0.6) is 5.75 Å². The SMILES string of the molecule is COc1ccc(C)c2c1N(C(=O)CCSc1ccccc1F)CCC2. The maximum Gasteiger partial charge on any atom is 0.227 e. The van der Waals surface area contributed by atoms with E-state index in [1.807, 2.05) is 23.1 Å². The fourth-order valence-electron chi connectivity index (χ4n) is 3.21. The first-order valence-corrected chi connectivity index (χ1v) is 9.44. The smallest absolute Gasteiger partial charge is 0.227 e. The van der Waals surface area contributed by atoms with Gasteiger partial charge in [0.1, 0.15) is 11.6 Å². The molecule has 5 heteroatoms. The quantitative estimate of drug-likeness (QED) is 0.731. The molecule has 25 heavy (non-hydrogen) atoms. The zero-order valence-electron chi connectivity index (χ0n) is 14.5. The van der Waals surface area contributed by atoms with Gasteiger partial charge in [-0.3, -0.25) is 4.79 Å². The van der Waals surface area contributed by atoms with Crippen LogP contribution < -0.4 is 9.64 Å². The van der Waals surface area contributed by atoms with Gasteiger partial charge in [-0.15, -0.1) is 11.8 Å². The van der Waals surface area contributed by atoms with Crippen molar-refractivity contribution in [1.29, 1.82) is 0 Å². The van der Waals surface area contributed by atoms with Gasteiger partial charge in [0.05, 0.1) is 12.8 Å². The first-order chi connectivity index (χ1) is 12.1. The minimum absolute atomic E-state index is 0.0636. The summed E-state index contributed by atoms with van der Waals surface area (Å²) < 4.78 is 19.2. The van der Waals surface area contributed by atoms with Crippen LogP contribution >= 0.6 is 11.8 Å². The number of halogens is 1. The van der Waals surface area contributed by atoms with Gasteiger partial charge in [-0.05, 0) is 49.1 Å². The van der Waals surface area contributed by atoms with E-state index in [0.717, 1.165) is 24.3 Å². The van der Waals surface area contributed by atoms with E-state index in [9.17, 15) is 9.18 Å². The van der Waals surface area contributed by atoms with Crippen LogP contribution in [-0.4, -0.2) is 25.3 Å². The molecule has 1 aliphatic rings. The molecule has 0 unspecified atom stereocenters. The Morgan fingerprint density at radius 3 is 2.84 bits per heavy atom. The Hall–Kier alpha value is -2.01. The van der Waals surface area contributed by atoms with Crippen LogP contribution in [0.3, 0.4) is 0 Å². The lowest BCUT2D eigenvalue weighted by molar-refractivity contribution is -0.118. The Morgan fingerprint density at radius 1 is 1.28 bits per heavy atom. The van der Waals surface area contributed by atoms with Crippen LogP contribution in [0.15, 0.2) is 41.3 Å². The van der Waals surface area contributed by atoms with Crippen molar-refractivity contribution in [2.75, 3.05) is 24.3 Å². The minimum atomic E-state index is -0.236. The summed E-state index contributed by atoms with van der Waals surface area (Å²) in [6.07, 6.45) is 2.29. The highest BCUT2D eigenvalue weighted by molar-refractivity contribution is 7.99. The van der Waals surface area contributed by atoms with Gasteiger partial charge in [-0.1, -0.05) is 18.2 Å². The van der Waals surface area contributed by atoms with E-state index < -0.39 is 0 Å². The van der Waals surface area contributed by atoms with E-state index in [4.69, 9.17) is 4.74 Å². The van der Waals surface area contributed by atoms with Crippen molar-refractivity contribution in [2.45, 2.75) is 31.1 Å². The van der Waals surface area contributed by atoms with E-state index in [1.165, 1.54) is 29.0 Å². The van der Waals surface area contributed by atoms with E-state index in [-0.39, 0.29) is 11.7 Å². The summed E-state index contributed by atoms with van der Waals surface area (Å²) in [5.74, 6) is 1.13. The molecule has 1 heterocycles. The highest BCUT2D eigenvalue weighted by Crippen LogP contribution is 2.38. The number of carbonyl (C=O) groups is 1. The second-order valence-electron chi connectivity index (χ2n) is 6.09. The predicted octanol–water partition coefficient (Wildman–Crippen LogP) is 4.60. The number of ether oxygens (including phenoxy) is 1. The molecule has 0 fully saturated rings. The number of amides is 1. The molecular formula is C20H22FNO2S. The molecule has 0 saturated heterocycles. The molecule has 132 valence electrons. The molecule has 0 aliphatic carbocycles. The van der Waals surface area contributed by atoms with E-state index in [0.29, 0.717) is 23.6 Å². The standard InChI is InChI=1S/C20H22FNO2S/c1-14-9-10-17(24-2)20-15(14)6-5-12-22(20)19(23)11-13-25-18-8-4-3-7-16(18)21/h3-4,7-10H,5-6,11-13H2,1-2H3. The zero-order chi connectivity index (χ0) is 17.8. The van der Waals surface area contributed by atoms with Crippen LogP contribution in [0.1, 0.15) is 24.0 Å². The van der Waals surface area contributed by atoms with Crippen LogP contribution in [0, 0.1) is 12.7 Å². The van der Waals surface area contributed by atoms with Crippen LogP contribution in [0.2, 0.25) is 0 Å². The number of fused-ring (bicyclic) bond motifs is 1. The van der Waals surface area contributed by atoms with Gasteiger partial charge >= 0.3 is 0 Å². The van der Waals surface area contributed by atoms with Crippen molar-refractivity contribution in [3.8, 4) is 5.75 Å². The first-order valence-electron chi connectivity index (χ1n) is 8.46. The van der Waals surface area contributed by atoms with E-state index >= 15 is 0 Å². The lowest BCUT2D eigenvalue weighted by Crippen LogP contribution is -2.36. The molecule has 0 spiro atoms. The average molecular weight is 359 g/mol. The molecule has 1 amide bonds. The molecule has 2 aromatic carbocycles. The predicted molar refractivity (Wildman–Crippen MR) is 100 cm³/mol. The van der Waals surface area contributed by atoms with Crippen molar-refractivity contribution in [1.82, 2.24) is 0 Å². The van der Waals surface area contributed by atoms with Crippen LogP contribution in [-0.2, 0) is 11.2 Å². The fraction of sp³-hybridized carbons (Fsp3) is 0.350. The van der Waals surface area contributed by atoms with Gasteiger partial charge in [-0.25, -0.2) is 4.39 Å². The Bertz CT molecular complexity index is 778. The van der Waals surface area contributed by atoms with Gasteiger partial charge in [-0.2, -0.15) is 0 Å². The average Bonchev–Trinajstić information content (AvgIpc) is 2.63. The fourth-order valence-corrected chi connectivity index (χ4v) is 4.09. The first kappa shape index (κ1) is 17.8. The van der Waals surface area contributed by atoms with E-state index in [2.05, 4.69) is 6.92 Å². The van der Waals surface area contributed by atoms with Gasteiger partial charge in [0.2, 0.25) is 5.91 Å². The summed E-state index contributed by atoms with van der Waals surface area (Å²) >= 11 is 1.38. The summed E-state index contributed by atoms with van der Waals surface area (Å²) in [6.45, 7) is 2.77. The second kappa shape index (κ2) is 7.91. The largest absolute Gasteiger partial charge is 0.495 e. The molecule has 3 nitrogen and oxygen atoms in total. The number of hydrogen-bond donors (Lipinski definition) is 0. The molecule has 0 bridgehead atoms. The highest BCUT2D eigenvalue weighted by atomic mass is 32.2. The second-order valence-corrected chi connectivity index (χ2v) is 7.23. The minimum Gasteiger partial charge on any atom is -0.495 e. The monoisotopic (exact) mass is 359 g/mol. The number of rotatable bonds is 5. The molecule has 3 rings (SSSR count). The van der Waals surface area contributed by atoms with Crippen molar-refractivity contribution in [3.63, 3.8) is 0 Å². The van der Waals surface area contributed by atoms with E-state index in [1.54, 1.807) is 19.2 Å². The zero-order valence-corrected chi connectivity index (χ0v) is 15.4. The molecule has 0 N–H and O–H groups in total. The number of aryl methyl sites for hydroxylation is 1. The molecule has 0 atom stereocenters. The third kappa shape index (κ3) is 3.82. The third-order valence-corrected chi connectivity index (χ3v) is 5.54. The van der Waals surface area contributed by atoms with Gasteiger partial charge in [0, 0.05) is 23.6 Å². The number of benzene rings is 2. The normalized spacial score (nSPS) is 13.5. The van der Waals surface area contributed by atoms with Gasteiger partial charge < -0.3 is 9.64 Å². The van der Waals surface area contributed by atoms with Gasteiger partial charge in [0.25, 0.3) is 0 Å². The topological polar surface area (TPSA) is 29.5 Å². The van der Waals surface area contributed by atoms with Crippen molar-refractivity contribution in [3.05, 3.63) is 53.3 Å². The molecule has 2 aromatic rings. The molecule has 0 aromatic heterocycles. The number of methoxy groups -OCH3 is 1. The summed E-state index contributed by atoms with van der Waals surface area (Å²) in [7, 11) is 1.64. The Kier molecular flexibility index (Phi) is 5.63. The van der Waals surface area contributed by atoms with Crippen LogP contribution in [0.4, 0.5) is 10.1 Å². The maximum atomic E-state index is 13.7. The lowest BCUT2D eigenvalue weighted by atomic mass is 9.96. The highest BCUT2D eigenvalue weighted by Gasteiger charge is 2.26. The summed E-state index contributed by atoms with van der Waals surface area (Å²) in [5, 5.41) is 0. The van der Waals surface area contributed by atoms with Crippen LogP contribution in [0.25, 0.3) is 0 Å². The molecule has 0 radical (unpaired) electrons. The number of thioether (sulfide) groups is 1. The number of carbonyl (C=O) groups excluding carboxylic acids is 1. The van der Waals surface area contributed by atoms with Crippen molar-refractivity contribution in [2.24, 2.45) is 0 Å². The van der Waals surface area contributed by atoms with Gasteiger partial charge in [0.15, 0.2) is 0 Å². The number of hydrogen-bond acceptors (Lipinski definition) is 3. The molecule has 0 saturated carbocycles. The third-order valence-electron chi connectivity index (χ3n) is 4.49. The number of anilines is 1. The summed E-state index contributed by atoms with van der Waals surface area (Å²) in [5.41, 5.74) is 3.30. The molecular weight excluding hydrogens is 337 g/mol. The van der Waals surface area contributed by atoms with Crippen molar-refractivity contribution < 1.29 is 13.9 Å². The van der Waals surface area contributed by atoms with Crippen molar-refractivity contribution >= 4 is 23.4 Å². The number of nitrogens with zero attached hydrogens (tertiary/aromatic N) is 1. The lowest BCUT2D eigenvalue weighted by Gasteiger charge is -2.32. The molecule has 1 aliphatic heterocycles. The Labute approximate surface area is 152 Å². The summed E-state index contributed by atoms with van der Waals surface area (Å²) in [4.78, 5) is 15.2. The maximum absolute atomic E-state index is 13.7. The Morgan fingerprint density at radius 2 is 2.08 bits per heavy atom.